The summed E-state index contributed by atoms with van der Waals surface area (Å²) in [6.07, 6.45) is 4.64. The highest BCUT2D eigenvalue weighted by Crippen LogP contribution is 2.35. The van der Waals surface area contributed by atoms with E-state index in [0.717, 1.165) is 13.2 Å². The molecular weight excluding hydrogens is 198 g/mol. The Morgan fingerprint density at radius 2 is 2.12 bits per heavy atom. The Kier molecular flexibility index (Phi) is 2.54. The van der Waals surface area contributed by atoms with Crippen molar-refractivity contribution in [1.82, 2.24) is 4.90 Å². The van der Waals surface area contributed by atoms with Gasteiger partial charge in [0.1, 0.15) is 0 Å². The summed E-state index contributed by atoms with van der Waals surface area (Å²) in [5.74, 6) is 0. The second-order valence-corrected chi connectivity index (χ2v) is 4.58. The van der Waals surface area contributed by atoms with Crippen molar-refractivity contribution < 1.29 is 4.74 Å². The first-order valence-electron chi connectivity index (χ1n) is 5.95. The molecule has 0 aliphatic carbocycles. The van der Waals surface area contributed by atoms with Crippen LogP contribution in [0.15, 0.2) is 42.5 Å². The van der Waals surface area contributed by atoms with E-state index >= 15 is 0 Å². The molecule has 2 heterocycles. The van der Waals surface area contributed by atoms with Crippen LogP contribution in [0.3, 0.4) is 0 Å². The number of benzene rings is 1. The van der Waals surface area contributed by atoms with E-state index < -0.39 is 0 Å². The molecule has 1 aromatic rings. The summed E-state index contributed by atoms with van der Waals surface area (Å²) in [5.41, 5.74) is 1.40. The molecule has 1 aromatic carbocycles. The van der Waals surface area contributed by atoms with Gasteiger partial charge in [0.15, 0.2) is 0 Å². The van der Waals surface area contributed by atoms with Gasteiger partial charge in [-0.2, -0.15) is 0 Å². The lowest BCUT2D eigenvalue weighted by molar-refractivity contribution is 0.112. The molecule has 2 unspecified atom stereocenters. The Balaban J connectivity index is 1.65. The fourth-order valence-corrected chi connectivity index (χ4v) is 2.48. The summed E-state index contributed by atoms with van der Waals surface area (Å²) >= 11 is 0. The zero-order valence-electron chi connectivity index (χ0n) is 9.54. The fraction of sp³-hybridized carbons (Fsp3) is 0.429. The van der Waals surface area contributed by atoms with Gasteiger partial charge in [-0.25, -0.2) is 0 Å². The van der Waals surface area contributed by atoms with Crippen LogP contribution in [0.4, 0.5) is 0 Å². The number of ether oxygens (including phenoxy) is 1. The van der Waals surface area contributed by atoms with Gasteiger partial charge in [-0.1, -0.05) is 42.5 Å². The second-order valence-electron chi connectivity index (χ2n) is 4.58. The molecule has 1 saturated heterocycles. The van der Waals surface area contributed by atoms with Crippen LogP contribution in [0.2, 0.25) is 0 Å². The number of nitrogens with zero attached hydrogens (tertiary/aromatic N) is 1. The minimum Gasteiger partial charge on any atom is -0.368 e. The third-order valence-electron chi connectivity index (χ3n) is 3.56. The molecule has 0 radical (unpaired) electrons. The van der Waals surface area contributed by atoms with Crippen LogP contribution in [0.25, 0.3) is 0 Å². The maximum Gasteiger partial charge on any atom is 0.0928 e. The van der Waals surface area contributed by atoms with Crippen molar-refractivity contribution in [3.63, 3.8) is 0 Å². The van der Waals surface area contributed by atoms with Gasteiger partial charge in [0.2, 0.25) is 0 Å². The van der Waals surface area contributed by atoms with E-state index in [1.54, 1.807) is 0 Å². The molecule has 2 aliphatic rings. The Labute approximate surface area is 96.5 Å². The number of rotatable bonds is 3. The fourth-order valence-electron chi connectivity index (χ4n) is 2.48. The van der Waals surface area contributed by atoms with E-state index in [9.17, 15) is 0 Å². The quantitative estimate of drug-likeness (QED) is 0.567. The maximum atomic E-state index is 5.64. The first-order valence-corrected chi connectivity index (χ1v) is 5.95. The molecule has 4 atom stereocenters. The lowest BCUT2D eigenvalue weighted by Crippen LogP contribution is -2.19. The summed E-state index contributed by atoms with van der Waals surface area (Å²) in [6.45, 7) is 4.22. The summed E-state index contributed by atoms with van der Waals surface area (Å²) in [6, 6.07) is 11.8. The maximum absolute atomic E-state index is 5.64. The van der Waals surface area contributed by atoms with Gasteiger partial charge >= 0.3 is 0 Å². The lowest BCUT2D eigenvalue weighted by Gasteiger charge is -2.16. The van der Waals surface area contributed by atoms with Crippen LogP contribution >= 0.6 is 0 Å². The summed E-state index contributed by atoms with van der Waals surface area (Å²) in [4.78, 5) is 2.50. The SMILES string of the molecule is C[C@H](c1ccccc1)N1CC1[C@@H]1C=CCO1. The van der Waals surface area contributed by atoms with Crippen LogP contribution in [0.1, 0.15) is 18.5 Å². The Morgan fingerprint density at radius 1 is 1.31 bits per heavy atom. The topological polar surface area (TPSA) is 12.2 Å². The predicted octanol–water partition coefficient (Wildman–Crippen LogP) is 2.39. The molecule has 0 N–H and O–H groups in total. The molecule has 0 aromatic heterocycles. The zero-order chi connectivity index (χ0) is 11.0. The normalized spacial score (nSPS) is 33.9. The van der Waals surface area contributed by atoms with Gasteiger partial charge in [-0.3, -0.25) is 4.90 Å². The molecule has 0 spiro atoms. The zero-order valence-corrected chi connectivity index (χ0v) is 9.54. The molecule has 2 heteroatoms. The standard InChI is InChI=1S/C14H17NO/c1-11(12-6-3-2-4-7-12)15-10-13(15)14-8-5-9-16-14/h2-8,11,13-14H,9-10H2,1H3/t11-,13?,14+,15?/m1/s1. The van der Waals surface area contributed by atoms with Crippen LogP contribution < -0.4 is 0 Å². The monoisotopic (exact) mass is 215 g/mol. The second kappa shape index (κ2) is 4.04. The third kappa shape index (κ3) is 1.79. The molecular formula is C14H17NO. The molecule has 0 bridgehead atoms. The molecule has 3 rings (SSSR count). The van der Waals surface area contributed by atoms with E-state index in [4.69, 9.17) is 4.74 Å². The molecule has 0 saturated carbocycles. The summed E-state index contributed by atoms with van der Waals surface area (Å²) < 4.78 is 5.64. The smallest absolute Gasteiger partial charge is 0.0928 e. The van der Waals surface area contributed by atoms with Crippen molar-refractivity contribution in [1.29, 1.82) is 0 Å². The van der Waals surface area contributed by atoms with Crippen molar-refractivity contribution in [2.45, 2.75) is 25.1 Å². The number of hydrogen-bond donors (Lipinski definition) is 0. The van der Waals surface area contributed by atoms with Crippen molar-refractivity contribution >= 4 is 0 Å². The lowest BCUT2D eigenvalue weighted by atomic mass is 10.1. The van der Waals surface area contributed by atoms with Crippen molar-refractivity contribution in [3.8, 4) is 0 Å². The molecule has 16 heavy (non-hydrogen) atoms. The van der Waals surface area contributed by atoms with E-state index in [2.05, 4.69) is 54.3 Å². The largest absolute Gasteiger partial charge is 0.368 e. The highest BCUT2D eigenvalue weighted by Gasteiger charge is 2.43. The molecule has 2 aliphatic heterocycles. The molecule has 1 fully saturated rings. The Hall–Kier alpha value is -1.12. The third-order valence-corrected chi connectivity index (χ3v) is 3.56. The van der Waals surface area contributed by atoms with Gasteiger partial charge < -0.3 is 4.74 Å². The molecule has 0 amide bonds. The van der Waals surface area contributed by atoms with Gasteiger partial charge in [-0.15, -0.1) is 0 Å². The Bertz CT molecular complexity index is 387. The minimum absolute atomic E-state index is 0.325. The van der Waals surface area contributed by atoms with E-state index in [0.29, 0.717) is 18.2 Å². The minimum atomic E-state index is 0.325. The van der Waals surface area contributed by atoms with Crippen LogP contribution in [-0.2, 0) is 4.74 Å². The van der Waals surface area contributed by atoms with E-state index in [1.807, 2.05) is 0 Å². The Morgan fingerprint density at radius 3 is 2.81 bits per heavy atom. The van der Waals surface area contributed by atoms with E-state index in [1.165, 1.54) is 5.56 Å². The average molecular weight is 215 g/mol. The van der Waals surface area contributed by atoms with Gasteiger partial charge in [0.25, 0.3) is 0 Å². The van der Waals surface area contributed by atoms with Crippen LogP contribution in [0, 0.1) is 0 Å². The summed E-state index contributed by atoms with van der Waals surface area (Å²) in [5, 5.41) is 0. The van der Waals surface area contributed by atoms with Crippen molar-refractivity contribution in [2.24, 2.45) is 0 Å². The van der Waals surface area contributed by atoms with Gasteiger partial charge in [-0.05, 0) is 12.5 Å². The van der Waals surface area contributed by atoms with Crippen molar-refractivity contribution in [2.75, 3.05) is 13.2 Å². The molecule has 84 valence electrons. The van der Waals surface area contributed by atoms with Gasteiger partial charge in [0, 0.05) is 12.6 Å². The van der Waals surface area contributed by atoms with E-state index in [-0.39, 0.29) is 0 Å². The number of hydrogen-bond acceptors (Lipinski definition) is 2. The first-order chi connectivity index (χ1) is 7.86. The average Bonchev–Trinajstić information content (AvgIpc) is 2.95. The summed E-state index contributed by atoms with van der Waals surface area (Å²) in [7, 11) is 0. The predicted molar refractivity (Wildman–Crippen MR) is 64.2 cm³/mol. The van der Waals surface area contributed by atoms with Crippen LogP contribution in [-0.4, -0.2) is 30.2 Å². The van der Waals surface area contributed by atoms with Gasteiger partial charge in [0.05, 0.1) is 18.8 Å². The van der Waals surface area contributed by atoms with Crippen LogP contribution in [0.5, 0.6) is 0 Å². The highest BCUT2D eigenvalue weighted by atomic mass is 16.5. The highest BCUT2D eigenvalue weighted by molar-refractivity contribution is 5.21. The van der Waals surface area contributed by atoms with Crippen molar-refractivity contribution in [3.05, 3.63) is 48.0 Å². The first kappa shape index (κ1) is 10.1. The molecule has 2 nitrogen and oxygen atoms in total.